The molecule has 0 bridgehead atoms. The van der Waals surface area contributed by atoms with Crippen molar-refractivity contribution in [2.45, 2.75) is 4.90 Å². The van der Waals surface area contributed by atoms with Crippen molar-refractivity contribution in [3.8, 4) is 0 Å². The quantitative estimate of drug-likeness (QED) is 0.620. The van der Waals surface area contributed by atoms with Crippen molar-refractivity contribution in [1.82, 2.24) is 0 Å². The molecule has 0 radical (unpaired) electrons. The van der Waals surface area contributed by atoms with Crippen LogP contribution in [-0.4, -0.2) is 22.6 Å². The van der Waals surface area contributed by atoms with E-state index in [4.69, 9.17) is 0 Å². The summed E-state index contributed by atoms with van der Waals surface area (Å²) >= 11 is 1.67. The molecule has 0 fully saturated rings. The summed E-state index contributed by atoms with van der Waals surface area (Å²) in [5, 5.41) is 0. The van der Waals surface area contributed by atoms with Gasteiger partial charge in [0.2, 0.25) is 5.88 Å². The Hall–Kier alpha value is -1.87. The molecular formula is C15H12NOS+. The number of amides is 1. The van der Waals surface area contributed by atoms with Crippen LogP contribution in [0.15, 0.2) is 59.5 Å². The lowest BCUT2D eigenvalue weighted by molar-refractivity contribution is -0.396. The van der Waals surface area contributed by atoms with Gasteiger partial charge in [0.1, 0.15) is 5.56 Å². The molecule has 2 nitrogen and oxygen atoms in total. The Morgan fingerprint density at radius 1 is 0.944 bits per heavy atom. The number of nitrogens with zero attached hydrogens (tertiary/aromatic N) is 1. The smallest absolute Gasteiger partial charge is 0.214 e. The van der Waals surface area contributed by atoms with E-state index in [1.807, 2.05) is 48.7 Å². The minimum absolute atomic E-state index is 0.0917. The molecule has 0 aliphatic carbocycles. The normalized spacial score (nSPS) is 13.3. The molecule has 0 aromatic heterocycles. The second kappa shape index (κ2) is 4.78. The Kier molecular flexibility index (Phi) is 2.99. The van der Waals surface area contributed by atoms with Gasteiger partial charge in [0.25, 0.3) is 0 Å². The van der Waals surface area contributed by atoms with Gasteiger partial charge in [0, 0.05) is 4.90 Å². The Balaban J connectivity index is 1.75. The fourth-order valence-corrected chi connectivity index (χ4v) is 2.77. The van der Waals surface area contributed by atoms with E-state index in [1.165, 1.54) is 4.90 Å². The van der Waals surface area contributed by atoms with Gasteiger partial charge in [0.05, 0.1) is 5.56 Å². The Morgan fingerprint density at radius 3 is 2.44 bits per heavy atom. The van der Waals surface area contributed by atoms with E-state index in [0.29, 0.717) is 5.88 Å². The van der Waals surface area contributed by atoms with E-state index >= 15 is 0 Å². The maximum absolute atomic E-state index is 12.1. The van der Waals surface area contributed by atoms with Gasteiger partial charge in [-0.25, -0.2) is 4.79 Å². The van der Waals surface area contributed by atoms with Crippen LogP contribution >= 0.6 is 11.8 Å². The standard InChI is InChI=1S/C15H12NOS/c17-15-14-9-5-4-6-12(14)10-16(15)11-18-13-7-2-1-3-8-13/h1-10H,11H2/q+1. The van der Waals surface area contributed by atoms with Gasteiger partial charge in [-0.3, -0.25) is 0 Å². The molecule has 3 rings (SSSR count). The zero-order chi connectivity index (χ0) is 12.4. The lowest BCUT2D eigenvalue weighted by Crippen LogP contribution is -2.15. The van der Waals surface area contributed by atoms with E-state index in [9.17, 15) is 4.79 Å². The summed E-state index contributed by atoms with van der Waals surface area (Å²) in [4.78, 5) is 13.3. The Bertz CT molecular complexity index is 619. The SMILES string of the molecule is O=C1c2ccccc2C=[N+]1CSc1ccccc1. The zero-order valence-corrected chi connectivity index (χ0v) is 10.6. The number of benzene rings is 2. The number of hydrogen-bond acceptors (Lipinski definition) is 2. The first kappa shape index (κ1) is 11.2. The van der Waals surface area contributed by atoms with Crippen molar-refractivity contribution in [3.63, 3.8) is 0 Å². The topological polar surface area (TPSA) is 20.1 Å². The van der Waals surface area contributed by atoms with E-state index in [1.54, 1.807) is 16.3 Å². The van der Waals surface area contributed by atoms with Crippen LogP contribution in [0.1, 0.15) is 15.9 Å². The molecule has 1 heterocycles. The average molecular weight is 254 g/mol. The minimum Gasteiger partial charge on any atom is -0.214 e. The molecule has 0 saturated heterocycles. The third-order valence-corrected chi connectivity index (χ3v) is 3.87. The first-order valence-electron chi connectivity index (χ1n) is 5.77. The summed E-state index contributed by atoms with van der Waals surface area (Å²) in [5.41, 5.74) is 1.81. The molecule has 1 aliphatic heterocycles. The average Bonchev–Trinajstić information content (AvgIpc) is 2.75. The zero-order valence-electron chi connectivity index (χ0n) is 9.74. The van der Waals surface area contributed by atoms with Crippen molar-refractivity contribution >= 4 is 23.9 Å². The highest BCUT2D eigenvalue weighted by molar-refractivity contribution is 7.99. The molecule has 18 heavy (non-hydrogen) atoms. The highest BCUT2D eigenvalue weighted by Gasteiger charge is 2.29. The molecule has 0 atom stereocenters. The van der Waals surface area contributed by atoms with Gasteiger partial charge in [-0.05, 0) is 24.3 Å². The van der Waals surface area contributed by atoms with Crippen LogP contribution in [0.3, 0.4) is 0 Å². The van der Waals surface area contributed by atoms with Crippen LogP contribution < -0.4 is 0 Å². The first-order valence-corrected chi connectivity index (χ1v) is 6.76. The molecule has 2 aromatic rings. The Morgan fingerprint density at radius 2 is 1.67 bits per heavy atom. The lowest BCUT2D eigenvalue weighted by atomic mass is 10.1. The number of carbonyl (C=O) groups is 1. The molecule has 0 N–H and O–H groups in total. The van der Waals surface area contributed by atoms with E-state index < -0.39 is 0 Å². The molecule has 1 aliphatic rings. The fourth-order valence-electron chi connectivity index (χ4n) is 1.94. The molecule has 0 saturated carbocycles. The number of carbonyl (C=O) groups excluding carboxylic acids is 1. The molecule has 0 unspecified atom stereocenters. The van der Waals surface area contributed by atoms with Gasteiger partial charge in [-0.1, -0.05) is 42.1 Å². The highest BCUT2D eigenvalue weighted by atomic mass is 32.2. The molecular weight excluding hydrogens is 242 g/mol. The Labute approximate surface area is 110 Å². The van der Waals surface area contributed by atoms with Gasteiger partial charge in [-0.2, -0.15) is 4.58 Å². The third kappa shape index (κ3) is 2.09. The van der Waals surface area contributed by atoms with Crippen LogP contribution in [0.4, 0.5) is 0 Å². The number of fused-ring (bicyclic) bond motifs is 1. The van der Waals surface area contributed by atoms with E-state index in [2.05, 4.69) is 12.1 Å². The van der Waals surface area contributed by atoms with Crippen molar-refractivity contribution in [1.29, 1.82) is 0 Å². The van der Waals surface area contributed by atoms with Crippen molar-refractivity contribution < 1.29 is 9.37 Å². The number of rotatable bonds is 3. The van der Waals surface area contributed by atoms with Gasteiger partial charge < -0.3 is 0 Å². The van der Waals surface area contributed by atoms with E-state index in [0.717, 1.165) is 11.1 Å². The molecule has 3 heteroatoms. The summed E-state index contributed by atoms with van der Waals surface area (Å²) in [6.07, 6.45) is 1.92. The predicted molar refractivity (Wildman–Crippen MR) is 73.4 cm³/mol. The third-order valence-electron chi connectivity index (χ3n) is 2.86. The van der Waals surface area contributed by atoms with Crippen LogP contribution in [-0.2, 0) is 0 Å². The monoisotopic (exact) mass is 254 g/mol. The van der Waals surface area contributed by atoms with Crippen LogP contribution in [0.25, 0.3) is 0 Å². The van der Waals surface area contributed by atoms with Crippen molar-refractivity contribution in [2.24, 2.45) is 0 Å². The van der Waals surface area contributed by atoms with Crippen molar-refractivity contribution in [3.05, 3.63) is 65.7 Å². The van der Waals surface area contributed by atoms with Gasteiger partial charge in [-0.15, -0.1) is 0 Å². The summed E-state index contributed by atoms with van der Waals surface area (Å²) in [6, 6.07) is 17.8. The summed E-state index contributed by atoms with van der Waals surface area (Å²) in [5.74, 6) is 0.742. The maximum atomic E-state index is 12.1. The fraction of sp³-hybridized carbons (Fsp3) is 0.0667. The largest absolute Gasteiger partial charge is 0.420 e. The molecule has 88 valence electrons. The summed E-state index contributed by atoms with van der Waals surface area (Å²) in [7, 11) is 0. The van der Waals surface area contributed by atoms with Crippen LogP contribution in [0.5, 0.6) is 0 Å². The number of hydrogen-bond donors (Lipinski definition) is 0. The first-order chi connectivity index (χ1) is 8.84. The second-order valence-corrected chi connectivity index (χ2v) is 5.10. The highest BCUT2D eigenvalue weighted by Crippen LogP contribution is 2.20. The second-order valence-electron chi connectivity index (χ2n) is 4.08. The van der Waals surface area contributed by atoms with Gasteiger partial charge in [0.15, 0.2) is 6.21 Å². The predicted octanol–water partition coefficient (Wildman–Crippen LogP) is 3.02. The molecule has 2 aromatic carbocycles. The summed E-state index contributed by atoms with van der Waals surface area (Å²) in [6.45, 7) is 0. The van der Waals surface area contributed by atoms with Crippen molar-refractivity contribution in [2.75, 3.05) is 5.88 Å². The lowest BCUT2D eigenvalue weighted by Gasteiger charge is -1.97. The van der Waals surface area contributed by atoms with Gasteiger partial charge >= 0.3 is 5.91 Å². The minimum atomic E-state index is 0.0917. The van der Waals surface area contributed by atoms with Crippen LogP contribution in [0.2, 0.25) is 0 Å². The number of thioether (sulfide) groups is 1. The van der Waals surface area contributed by atoms with E-state index in [-0.39, 0.29) is 5.91 Å². The summed E-state index contributed by atoms with van der Waals surface area (Å²) < 4.78 is 1.77. The molecule has 1 amide bonds. The molecule has 0 spiro atoms. The van der Waals surface area contributed by atoms with Crippen LogP contribution in [0, 0.1) is 0 Å². The maximum Gasteiger partial charge on any atom is 0.420 e.